The second-order valence-electron chi connectivity index (χ2n) is 4.49. The van der Waals surface area contributed by atoms with Gasteiger partial charge in [0.2, 0.25) is 0 Å². The predicted octanol–water partition coefficient (Wildman–Crippen LogP) is 2.24. The highest BCUT2D eigenvalue weighted by Gasteiger charge is 2.05. The first-order valence-electron chi connectivity index (χ1n) is 6.73. The van der Waals surface area contributed by atoms with Gasteiger partial charge in [0.1, 0.15) is 0 Å². The van der Waals surface area contributed by atoms with E-state index in [1.54, 1.807) is 0 Å². The van der Waals surface area contributed by atoms with Crippen molar-refractivity contribution in [3.8, 4) is 0 Å². The minimum Gasteiger partial charge on any atom is -0.395 e. The summed E-state index contributed by atoms with van der Waals surface area (Å²) >= 11 is 4.42. The van der Waals surface area contributed by atoms with Crippen molar-refractivity contribution in [3.05, 3.63) is 36.4 Å². The van der Waals surface area contributed by atoms with Gasteiger partial charge in [0.15, 0.2) is 0 Å². The van der Waals surface area contributed by atoms with Gasteiger partial charge in [-0.25, -0.2) is 0 Å². The molecule has 4 heteroatoms. The van der Waals surface area contributed by atoms with Gasteiger partial charge in [-0.2, -0.15) is 0 Å². The zero-order valence-electron chi connectivity index (χ0n) is 11.6. The number of rotatable bonds is 9. The summed E-state index contributed by atoms with van der Waals surface area (Å²) < 4.78 is 0. The molecule has 0 atom stereocenters. The van der Waals surface area contributed by atoms with Crippen LogP contribution in [0.4, 0.5) is 0 Å². The molecule has 0 amide bonds. The number of nitrogens with zero attached hydrogens (tertiary/aromatic N) is 1. The normalized spacial score (nSPS) is 10.7. The summed E-state index contributed by atoms with van der Waals surface area (Å²) in [5.74, 6) is 0. The number of nitrogens with one attached hydrogen (secondary N) is 1. The Labute approximate surface area is 121 Å². The van der Waals surface area contributed by atoms with E-state index < -0.39 is 0 Å². The molecule has 0 aromatic heterocycles. The van der Waals surface area contributed by atoms with Gasteiger partial charge in [-0.05, 0) is 19.0 Å². The van der Waals surface area contributed by atoms with Crippen molar-refractivity contribution in [1.29, 1.82) is 0 Å². The van der Waals surface area contributed by atoms with Gasteiger partial charge in [0.25, 0.3) is 0 Å². The fraction of sp³-hybridized carbons (Fsp3) is 0.467. The molecule has 0 aliphatic carbocycles. The van der Waals surface area contributed by atoms with Gasteiger partial charge >= 0.3 is 0 Å². The lowest BCUT2D eigenvalue weighted by atomic mass is 10.2. The first-order chi connectivity index (χ1) is 9.19. The molecule has 0 fully saturated rings. The van der Waals surface area contributed by atoms with E-state index in [9.17, 15) is 0 Å². The largest absolute Gasteiger partial charge is 0.395 e. The Hall–Kier alpha value is -0.970. The Morgan fingerprint density at radius 2 is 2.05 bits per heavy atom. The Kier molecular flexibility index (Phi) is 7.63. The Balaban J connectivity index is 2.40. The monoisotopic (exact) mass is 280 g/mol. The van der Waals surface area contributed by atoms with E-state index in [1.807, 2.05) is 24.3 Å². The number of hydrogen-bond acceptors (Lipinski definition) is 4. The molecule has 1 rings (SSSR count). The van der Waals surface area contributed by atoms with Crippen molar-refractivity contribution in [2.45, 2.75) is 18.2 Å². The van der Waals surface area contributed by atoms with Crippen LogP contribution in [0, 0.1) is 0 Å². The van der Waals surface area contributed by atoms with Gasteiger partial charge in [0, 0.05) is 35.8 Å². The minimum atomic E-state index is 0.209. The van der Waals surface area contributed by atoms with E-state index in [0.29, 0.717) is 0 Å². The van der Waals surface area contributed by atoms with E-state index in [1.165, 1.54) is 0 Å². The van der Waals surface area contributed by atoms with Crippen molar-refractivity contribution in [3.63, 3.8) is 0 Å². The van der Waals surface area contributed by atoms with Crippen LogP contribution in [0.2, 0.25) is 0 Å². The minimum absolute atomic E-state index is 0.209. The number of aliphatic hydroxyl groups excluding tert-OH is 1. The molecule has 2 N–H and O–H groups in total. The van der Waals surface area contributed by atoms with Crippen LogP contribution in [-0.4, -0.2) is 42.8 Å². The van der Waals surface area contributed by atoms with Crippen LogP contribution in [0.15, 0.2) is 35.7 Å². The fourth-order valence-electron chi connectivity index (χ4n) is 1.98. The highest BCUT2D eigenvalue weighted by atomic mass is 32.1. The third-order valence-electron chi connectivity index (χ3n) is 2.95. The first kappa shape index (κ1) is 16.1. The molecule has 0 heterocycles. The van der Waals surface area contributed by atoms with E-state index in [-0.39, 0.29) is 6.61 Å². The van der Waals surface area contributed by atoms with Crippen LogP contribution < -0.4 is 5.32 Å². The summed E-state index contributed by atoms with van der Waals surface area (Å²) in [6.07, 6.45) is 1.10. The summed E-state index contributed by atoms with van der Waals surface area (Å²) in [4.78, 5) is 3.17. The third kappa shape index (κ3) is 5.68. The zero-order chi connectivity index (χ0) is 14.1. The number of aliphatic hydroxyl groups is 1. The second kappa shape index (κ2) is 9.02. The molecule has 0 aliphatic heterocycles. The Bertz CT molecular complexity index is 389. The Morgan fingerprint density at radius 3 is 2.68 bits per heavy atom. The van der Waals surface area contributed by atoms with Crippen LogP contribution >= 0.6 is 12.6 Å². The molecule has 0 unspecified atom stereocenters. The third-order valence-corrected chi connectivity index (χ3v) is 3.34. The lowest BCUT2D eigenvalue weighted by molar-refractivity contribution is 0.198. The molecule has 1 aromatic carbocycles. The standard InChI is InChI=1S/C15H24N2OS/c1-3-9-17(11-12-18)10-8-16-13(2)14-6-4-5-7-15(14)19/h4-7,16,18-19H,2-3,8-12H2,1H3. The van der Waals surface area contributed by atoms with Gasteiger partial charge in [-0.15, -0.1) is 12.6 Å². The van der Waals surface area contributed by atoms with Crippen molar-refractivity contribution < 1.29 is 5.11 Å². The summed E-state index contributed by atoms with van der Waals surface area (Å²) in [5, 5.41) is 12.3. The molecule has 0 saturated heterocycles. The molecule has 0 spiro atoms. The van der Waals surface area contributed by atoms with Crippen LogP contribution in [0.25, 0.3) is 5.70 Å². The molecule has 19 heavy (non-hydrogen) atoms. The van der Waals surface area contributed by atoms with E-state index >= 15 is 0 Å². The molecule has 0 saturated carbocycles. The zero-order valence-corrected chi connectivity index (χ0v) is 12.5. The quantitative estimate of drug-likeness (QED) is 0.607. The van der Waals surface area contributed by atoms with Crippen molar-refractivity contribution >= 4 is 18.3 Å². The van der Waals surface area contributed by atoms with Gasteiger partial charge in [-0.3, -0.25) is 4.90 Å². The highest BCUT2D eigenvalue weighted by Crippen LogP contribution is 2.18. The maximum absolute atomic E-state index is 9.00. The van der Waals surface area contributed by atoms with E-state index in [0.717, 1.165) is 48.8 Å². The smallest absolute Gasteiger partial charge is 0.0558 e. The van der Waals surface area contributed by atoms with Crippen molar-refractivity contribution in [1.82, 2.24) is 10.2 Å². The number of hydrogen-bond donors (Lipinski definition) is 3. The van der Waals surface area contributed by atoms with Crippen LogP contribution in [0.1, 0.15) is 18.9 Å². The lowest BCUT2D eigenvalue weighted by Crippen LogP contribution is -2.34. The Morgan fingerprint density at radius 1 is 1.32 bits per heavy atom. The fourth-order valence-corrected chi connectivity index (χ4v) is 2.28. The average Bonchev–Trinajstić information content (AvgIpc) is 2.39. The maximum atomic E-state index is 9.00. The molecular formula is C15H24N2OS. The summed E-state index contributed by atoms with van der Waals surface area (Å²) in [6.45, 7) is 9.87. The molecule has 0 radical (unpaired) electrons. The topological polar surface area (TPSA) is 35.5 Å². The summed E-state index contributed by atoms with van der Waals surface area (Å²) in [6, 6.07) is 7.91. The van der Waals surface area contributed by atoms with Crippen molar-refractivity contribution in [2.75, 3.05) is 32.8 Å². The van der Waals surface area contributed by atoms with Crippen LogP contribution in [0.5, 0.6) is 0 Å². The molecular weight excluding hydrogens is 256 g/mol. The SMILES string of the molecule is C=C(NCCN(CCC)CCO)c1ccccc1S. The van der Waals surface area contributed by atoms with E-state index in [2.05, 4.69) is 36.3 Å². The summed E-state index contributed by atoms with van der Waals surface area (Å²) in [5.41, 5.74) is 1.93. The molecule has 106 valence electrons. The predicted molar refractivity (Wildman–Crippen MR) is 84.5 cm³/mol. The summed E-state index contributed by atoms with van der Waals surface area (Å²) in [7, 11) is 0. The maximum Gasteiger partial charge on any atom is 0.0558 e. The number of thiol groups is 1. The van der Waals surface area contributed by atoms with Gasteiger partial charge < -0.3 is 10.4 Å². The van der Waals surface area contributed by atoms with Gasteiger partial charge in [0.05, 0.1) is 6.61 Å². The van der Waals surface area contributed by atoms with Crippen LogP contribution in [0.3, 0.4) is 0 Å². The van der Waals surface area contributed by atoms with Crippen molar-refractivity contribution in [2.24, 2.45) is 0 Å². The molecule has 0 aliphatic rings. The average molecular weight is 280 g/mol. The highest BCUT2D eigenvalue weighted by molar-refractivity contribution is 7.80. The molecule has 1 aromatic rings. The van der Waals surface area contributed by atoms with Gasteiger partial charge in [-0.1, -0.05) is 31.7 Å². The van der Waals surface area contributed by atoms with E-state index in [4.69, 9.17) is 5.11 Å². The second-order valence-corrected chi connectivity index (χ2v) is 4.97. The molecule has 3 nitrogen and oxygen atoms in total. The first-order valence-corrected chi connectivity index (χ1v) is 7.18. The molecule has 0 bridgehead atoms. The number of benzene rings is 1. The lowest BCUT2D eigenvalue weighted by Gasteiger charge is -2.21. The van der Waals surface area contributed by atoms with Crippen LogP contribution in [-0.2, 0) is 0 Å².